The first-order valence-corrected chi connectivity index (χ1v) is 5.40. The van der Waals surface area contributed by atoms with Crippen LogP contribution in [0.4, 0.5) is 0 Å². The van der Waals surface area contributed by atoms with E-state index < -0.39 is 0 Å². The number of rotatable bonds is 1. The zero-order chi connectivity index (χ0) is 10.3. The first-order valence-electron chi connectivity index (χ1n) is 5.40. The van der Waals surface area contributed by atoms with Gasteiger partial charge in [-0.15, -0.1) is 0 Å². The number of carbonyl (C=O) groups is 1. The summed E-state index contributed by atoms with van der Waals surface area (Å²) in [5, 5.41) is 0. The van der Waals surface area contributed by atoms with Gasteiger partial charge in [0.2, 0.25) is 0 Å². The Bertz CT molecular complexity index is 324. The zero-order valence-electron chi connectivity index (χ0n) is 9.10. The van der Waals surface area contributed by atoms with Crippen LogP contribution < -0.4 is 0 Å². The van der Waals surface area contributed by atoms with Gasteiger partial charge in [-0.25, -0.2) is 0 Å². The largest absolute Gasteiger partial charge is 0.299 e. The van der Waals surface area contributed by atoms with Gasteiger partial charge in [0.05, 0.1) is 0 Å². The van der Waals surface area contributed by atoms with Crippen molar-refractivity contribution in [3.8, 4) is 0 Å². The maximum Gasteiger partial charge on any atom is 0.140 e. The predicted octanol–water partition coefficient (Wildman–Crippen LogP) is 3.27. The van der Waals surface area contributed by atoms with Gasteiger partial charge in [-0.3, -0.25) is 4.79 Å². The molecule has 0 amide bonds. The molecule has 0 aliphatic heterocycles. The van der Waals surface area contributed by atoms with Crippen LogP contribution in [-0.2, 0) is 4.79 Å². The molecule has 0 radical (unpaired) electrons. The minimum atomic E-state index is 0.203. The third-order valence-corrected chi connectivity index (χ3v) is 4.10. The van der Waals surface area contributed by atoms with E-state index in [0.717, 1.165) is 25.7 Å². The van der Waals surface area contributed by atoms with E-state index in [0.29, 0.717) is 5.78 Å². The van der Waals surface area contributed by atoms with Gasteiger partial charge in [-0.2, -0.15) is 0 Å². The van der Waals surface area contributed by atoms with E-state index in [4.69, 9.17) is 0 Å². The summed E-state index contributed by atoms with van der Waals surface area (Å²) >= 11 is 0. The Kier molecular flexibility index (Phi) is 2.13. The maximum atomic E-state index is 11.7. The Morgan fingerprint density at radius 2 is 2.36 bits per heavy atom. The fraction of sp³-hybridized carbons (Fsp3) is 0.615. The molecule has 2 bridgehead atoms. The smallest absolute Gasteiger partial charge is 0.140 e. The van der Waals surface area contributed by atoms with Crippen molar-refractivity contribution in [2.45, 2.75) is 39.5 Å². The number of carbonyl (C=O) groups excluding carboxylic acids is 1. The van der Waals surface area contributed by atoms with Crippen molar-refractivity contribution in [2.24, 2.45) is 11.3 Å². The maximum absolute atomic E-state index is 11.7. The Balaban J connectivity index is 2.36. The molecule has 2 unspecified atom stereocenters. The highest BCUT2D eigenvalue weighted by molar-refractivity contribution is 5.85. The van der Waals surface area contributed by atoms with Gasteiger partial charge < -0.3 is 0 Å². The van der Waals surface area contributed by atoms with Crippen LogP contribution in [0, 0.1) is 11.3 Å². The normalized spacial score (nSPS) is 36.6. The average molecular weight is 190 g/mol. The van der Waals surface area contributed by atoms with Gasteiger partial charge in [-0.1, -0.05) is 23.8 Å². The van der Waals surface area contributed by atoms with Crippen LogP contribution in [0.5, 0.6) is 0 Å². The quantitative estimate of drug-likeness (QED) is 0.580. The van der Waals surface area contributed by atoms with Crippen molar-refractivity contribution in [1.29, 1.82) is 0 Å². The first kappa shape index (κ1) is 9.70. The minimum absolute atomic E-state index is 0.203. The number of allylic oxidation sites excluding steroid dienone is 3. The second-order valence-electron chi connectivity index (χ2n) is 4.94. The lowest BCUT2D eigenvalue weighted by Crippen LogP contribution is -2.37. The lowest BCUT2D eigenvalue weighted by atomic mass is 9.59. The number of fused-ring (bicyclic) bond motifs is 2. The van der Waals surface area contributed by atoms with E-state index in [1.54, 1.807) is 0 Å². The van der Waals surface area contributed by atoms with Crippen molar-refractivity contribution >= 4 is 5.78 Å². The van der Waals surface area contributed by atoms with E-state index in [9.17, 15) is 4.79 Å². The van der Waals surface area contributed by atoms with Crippen LogP contribution in [0.25, 0.3) is 0 Å². The molecule has 1 fully saturated rings. The van der Waals surface area contributed by atoms with E-state index in [-0.39, 0.29) is 11.3 Å². The summed E-state index contributed by atoms with van der Waals surface area (Å²) in [4.78, 5) is 11.7. The first-order chi connectivity index (χ1) is 6.55. The number of hydrogen-bond donors (Lipinski definition) is 0. The second kappa shape index (κ2) is 3.08. The van der Waals surface area contributed by atoms with Crippen molar-refractivity contribution in [3.63, 3.8) is 0 Å². The summed E-state index contributed by atoms with van der Waals surface area (Å²) in [6.45, 7) is 8.31. The highest BCUT2D eigenvalue weighted by atomic mass is 16.1. The second-order valence-corrected chi connectivity index (χ2v) is 4.94. The standard InChI is InChI=1S/C13H18O/c1-9(2)13-6-4-10(3)11(8-13)12(14)5-7-13/h4,11H,1,5-8H2,2-3H3. The molecule has 0 spiro atoms. The van der Waals surface area contributed by atoms with Crippen LogP contribution in [0.15, 0.2) is 23.8 Å². The average Bonchev–Trinajstić information content (AvgIpc) is 2.16. The van der Waals surface area contributed by atoms with E-state index in [2.05, 4.69) is 26.5 Å². The highest BCUT2D eigenvalue weighted by Crippen LogP contribution is 2.50. The molecule has 0 aromatic carbocycles. The molecular formula is C13H18O. The van der Waals surface area contributed by atoms with Gasteiger partial charge in [0, 0.05) is 12.3 Å². The van der Waals surface area contributed by atoms with E-state index >= 15 is 0 Å². The Labute approximate surface area is 85.9 Å². The molecule has 1 heteroatoms. The van der Waals surface area contributed by atoms with E-state index in [1.807, 2.05) is 0 Å². The molecule has 2 rings (SSSR count). The fourth-order valence-corrected chi connectivity index (χ4v) is 2.80. The predicted molar refractivity (Wildman–Crippen MR) is 58.0 cm³/mol. The Morgan fingerprint density at radius 3 is 3.00 bits per heavy atom. The number of ketones is 1. The molecule has 0 N–H and O–H groups in total. The van der Waals surface area contributed by atoms with Gasteiger partial charge >= 0.3 is 0 Å². The van der Waals surface area contributed by atoms with Crippen LogP contribution in [0.3, 0.4) is 0 Å². The third kappa shape index (κ3) is 1.26. The SMILES string of the molecule is C=C(C)C12CC=C(C)C(C1)C(=O)CC2. The highest BCUT2D eigenvalue weighted by Gasteiger charge is 2.43. The van der Waals surface area contributed by atoms with Crippen molar-refractivity contribution in [3.05, 3.63) is 23.8 Å². The van der Waals surface area contributed by atoms with Crippen LogP contribution in [0.2, 0.25) is 0 Å². The topological polar surface area (TPSA) is 17.1 Å². The van der Waals surface area contributed by atoms with E-state index in [1.165, 1.54) is 11.1 Å². The molecule has 0 aromatic rings. The summed E-state index contributed by atoms with van der Waals surface area (Å²) in [5.41, 5.74) is 2.79. The molecule has 2 atom stereocenters. The summed E-state index contributed by atoms with van der Waals surface area (Å²) in [6, 6.07) is 0. The van der Waals surface area contributed by atoms with Crippen molar-refractivity contribution < 1.29 is 4.79 Å². The molecule has 0 heterocycles. The van der Waals surface area contributed by atoms with Crippen LogP contribution in [-0.4, -0.2) is 5.78 Å². The van der Waals surface area contributed by atoms with Gasteiger partial charge in [0.15, 0.2) is 0 Å². The van der Waals surface area contributed by atoms with Gasteiger partial charge in [-0.05, 0) is 38.5 Å². The third-order valence-electron chi connectivity index (χ3n) is 4.10. The van der Waals surface area contributed by atoms with Crippen molar-refractivity contribution in [1.82, 2.24) is 0 Å². The lowest BCUT2D eigenvalue weighted by Gasteiger charge is -2.44. The summed E-state index contributed by atoms with van der Waals surface area (Å²) in [5.74, 6) is 0.643. The lowest BCUT2D eigenvalue weighted by molar-refractivity contribution is -0.125. The molecule has 2 aliphatic carbocycles. The van der Waals surface area contributed by atoms with Crippen molar-refractivity contribution in [2.75, 3.05) is 0 Å². The molecule has 76 valence electrons. The van der Waals surface area contributed by atoms with Crippen LogP contribution >= 0.6 is 0 Å². The molecule has 2 aliphatic rings. The minimum Gasteiger partial charge on any atom is -0.299 e. The zero-order valence-corrected chi connectivity index (χ0v) is 9.10. The fourth-order valence-electron chi connectivity index (χ4n) is 2.80. The van der Waals surface area contributed by atoms with Crippen LogP contribution in [0.1, 0.15) is 39.5 Å². The number of hydrogen-bond acceptors (Lipinski definition) is 1. The molecule has 1 saturated carbocycles. The van der Waals surface area contributed by atoms with Gasteiger partial charge in [0.25, 0.3) is 0 Å². The number of Topliss-reactive ketones (excluding diaryl/α,β-unsaturated/α-hetero) is 1. The molecule has 0 saturated heterocycles. The monoisotopic (exact) mass is 190 g/mol. The molecule has 14 heavy (non-hydrogen) atoms. The summed E-state index contributed by atoms with van der Waals surface area (Å²) in [7, 11) is 0. The Hall–Kier alpha value is -0.850. The van der Waals surface area contributed by atoms with Gasteiger partial charge in [0.1, 0.15) is 5.78 Å². The molecule has 1 nitrogen and oxygen atoms in total. The summed E-state index contributed by atoms with van der Waals surface area (Å²) in [6.07, 6.45) is 6.13. The molecular weight excluding hydrogens is 172 g/mol. The Morgan fingerprint density at radius 1 is 1.64 bits per heavy atom. The summed E-state index contributed by atoms with van der Waals surface area (Å²) < 4.78 is 0. The molecule has 0 aromatic heterocycles.